The Hall–Kier alpha value is -1.75. The first-order chi connectivity index (χ1) is 10.1. The molecule has 1 heterocycles. The third kappa shape index (κ3) is 3.47. The summed E-state index contributed by atoms with van der Waals surface area (Å²) in [6.45, 7) is 6.09. The number of carbonyl (C=O) groups excluding carboxylic acids is 1. The van der Waals surface area contributed by atoms with Crippen LogP contribution in [0, 0.1) is 6.92 Å². The van der Waals surface area contributed by atoms with Crippen molar-refractivity contribution in [3.8, 4) is 11.4 Å². The number of esters is 1. The Morgan fingerprint density at radius 2 is 2.10 bits per heavy atom. The first kappa shape index (κ1) is 15.6. The second-order valence-corrected chi connectivity index (χ2v) is 5.50. The van der Waals surface area contributed by atoms with Crippen molar-refractivity contribution in [2.75, 3.05) is 6.61 Å². The number of hydrogen-bond acceptors (Lipinski definition) is 4. The Morgan fingerprint density at radius 3 is 2.71 bits per heavy atom. The Morgan fingerprint density at radius 1 is 1.33 bits per heavy atom. The highest BCUT2D eigenvalue weighted by Crippen LogP contribution is 2.24. The van der Waals surface area contributed by atoms with Crippen molar-refractivity contribution >= 4 is 21.9 Å². The van der Waals surface area contributed by atoms with Gasteiger partial charge in [-0.2, -0.15) is 0 Å². The van der Waals surface area contributed by atoms with Crippen LogP contribution in [0.1, 0.15) is 35.5 Å². The summed E-state index contributed by atoms with van der Waals surface area (Å²) in [5, 5.41) is 0. The number of rotatable bonds is 4. The first-order valence-electron chi connectivity index (χ1n) is 6.86. The molecule has 110 valence electrons. The summed E-state index contributed by atoms with van der Waals surface area (Å²) in [4.78, 5) is 20.7. The zero-order valence-electron chi connectivity index (χ0n) is 12.3. The number of carbonyl (C=O) groups is 1. The number of aromatic nitrogens is 2. The number of nitrogens with zero attached hydrogens (tertiary/aromatic N) is 2. The van der Waals surface area contributed by atoms with Crippen molar-refractivity contribution in [1.82, 2.24) is 9.97 Å². The van der Waals surface area contributed by atoms with Gasteiger partial charge in [-0.05, 0) is 44.0 Å². The lowest BCUT2D eigenvalue weighted by Gasteiger charge is -2.10. The van der Waals surface area contributed by atoms with Gasteiger partial charge in [-0.1, -0.05) is 22.9 Å². The maximum atomic E-state index is 11.9. The van der Waals surface area contributed by atoms with Crippen LogP contribution in [0.2, 0.25) is 0 Å². The van der Waals surface area contributed by atoms with Crippen LogP contribution >= 0.6 is 15.9 Å². The molecule has 2 rings (SSSR count). The minimum atomic E-state index is -0.367. The van der Waals surface area contributed by atoms with Gasteiger partial charge in [0, 0.05) is 16.2 Å². The van der Waals surface area contributed by atoms with Crippen LogP contribution in [0.3, 0.4) is 0 Å². The average molecular weight is 349 g/mol. The van der Waals surface area contributed by atoms with Crippen molar-refractivity contribution in [2.45, 2.75) is 27.2 Å². The van der Waals surface area contributed by atoms with Gasteiger partial charge in [0.05, 0.1) is 17.9 Å². The van der Waals surface area contributed by atoms with E-state index in [-0.39, 0.29) is 5.97 Å². The van der Waals surface area contributed by atoms with E-state index >= 15 is 0 Å². The van der Waals surface area contributed by atoms with Crippen LogP contribution in [0.25, 0.3) is 11.4 Å². The lowest BCUT2D eigenvalue weighted by atomic mass is 10.1. The molecule has 0 fully saturated rings. The van der Waals surface area contributed by atoms with E-state index in [1.807, 2.05) is 32.0 Å². The molecular weight excluding hydrogens is 332 g/mol. The molecule has 5 heteroatoms. The van der Waals surface area contributed by atoms with Crippen molar-refractivity contribution < 1.29 is 9.53 Å². The highest BCUT2D eigenvalue weighted by atomic mass is 79.9. The molecule has 0 amide bonds. The third-order valence-electron chi connectivity index (χ3n) is 3.13. The molecule has 0 bridgehead atoms. The van der Waals surface area contributed by atoms with Crippen LogP contribution in [-0.4, -0.2) is 22.5 Å². The second kappa shape index (κ2) is 6.80. The van der Waals surface area contributed by atoms with Crippen LogP contribution in [0.4, 0.5) is 0 Å². The molecule has 2 aromatic rings. The highest BCUT2D eigenvalue weighted by molar-refractivity contribution is 9.10. The Balaban J connectivity index is 2.45. The molecule has 0 unspecified atom stereocenters. The Labute approximate surface area is 132 Å². The van der Waals surface area contributed by atoms with Crippen molar-refractivity contribution in [1.29, 1.82) is 0 Å². The maximum Gasteiger partial charge on any atom is 0.341 e. The molecular formula is C16H17BrN2O2. The van der Waals surface area contributed by atoms with Crippen LogP contribution in [0.15, 0.2) is 28.9 Å². The second-order valence-electron chi connectivity index (χ2n) is 4.59. The van der Waals surface area contributed by atoms with Gasteiger partial charge in [0.2, 0.25) is 0 Å². The zero-order chi connectivity index (χ0) is 15.4. The smallest absolute Gasteiger partial charge is 0.341 e. The standard InChI is InChI=1S/C16H17BrN2O2/c1-4-14-13(16(20)21-5-2)9-18-15(19-14)12-7-6-11(17)8-10(12)3/h6-9H,4-5H2,1-3H3. The van der Waals surface area contributed by atoms with E-state index < -0.39 is 0 Å². The molecule has 0 aliphatic carbocycles. The predicted molar refractivity (Wildman–Crippen MR) is 85.2 cm³/mol. The molecule has 0 radical (unpaired) electrons. The molecule has 0 atom stereocenters. The number of aryl methyl sites for hydroxylation is 2. The molecule has 1 aromatic carbocycles. The average Bonchev–Trinajstić information content (AvgIpc) is 2.47. The fraction of sp³-hybridized carbons (Fsp3) is 0.312. The van der Waals surface area contributed by atoms with E-state index in [0.29, 0.717) is 30.1 Å². The number of hydrogen-bond donors (Lipinski definition) is 0. The quantitative estimate of drug-likeness (QED) is 0.785. The predicted octanol–water partition coefficient (Wildman–Crippen LogP) is 3.95. The monoisotopic (exact) mass is 348 g/mol. The van der Waals surface area contributed by atoms with Crippen molar-refractivity contribution in [2.24, 2.45) is 0 Å². The van der Waals surface area contributed by atoms with Gasteiger partial charge in [-0.15, -0.1) is 0 Å². The molecule has 0 N–H and O–H groups in total. The number of benzene rings is 1. The number of halogens is 1. The van der Waals surface area contributed by atoms with E-state index in [0.717, 1.165) is 15.6 Å². The van der Waals surface area contributed by atoms with Crippen LogP contribution < -0.4 is 0 Å². The summed E-state index contributed by atoms with van der Waals surface area (Å²) < 4.78 is 6.05. The van der Waals surface area contributed by atoms with E-state index in [4.69, 9.17) is 4.74 Å². The third-order valence-corrected chi connectivity index (χ3v) is 3.62. The zero-order valence-corrected chi connectivity index (χ0v) is 13.9. The lowest BCUT2D eigenvalue weighted by Crippen LogP contribution is -2.11. The van der Waals surface area contributed by atoms with Crippen molar-refractivity contribution in [3.05, 3.63) is 45.7 Å². The molecule has 0 saturated heterocycles. The van der Waals surface area contributed by atoms with Crippen LogP contribution in [0.5, 0.6) is 0 Å². The normalized spacial score (nSPS) is 10.5. The van der Waals surface area contributed by atoms with E-state index in [2.05, 4.69) is 25.9 Å². The van der Waals surface area contributed by atoms with E-state index in [1.54, 1.807) is 13.1 Å². The van der Waals surface area contributed by atoms with Crippen LogP contribution in [-0.2, 0) is 11.2 Å². The highest BCUT2D eigenvalue weighted by Gasteiger charge is 2.15. The van der Waals surface area contributed by atoms with E-state index in [1.165, 1.54) is 0 Å². The maximum absolute atomic E-state index is 11.9. The van der Waals surface area contributed by atoms with Gasteiger partial charge in [-0.3, -0.25) is 0 Å². The summed E-state index contributed by atoms with van der Waals surface area (Å²) in [5.41, 5.74) is 3.19. The topological polar surface area (TPSA) is 52.1 Å². The van der Waals surface area contributed by atoms with Crippen molar-refractivity contribution in [3.63, 3.8) is 0 Å². The summed E-state index contributed by atoms with van der Waals surface area (Å²) >= 11 is 3.44. The summed E-state index contributed by atoms with van der Waals surface area (Å²) in [6, 6.07) is 5.94. The lowest BCUT2D eigenvalue weighted by molar-refractivity contribution is 0.0524. The van der Waals surface area contributed by atoms with Gasteiger partial charge >= 0.3 is 5.97 Å². The minimum Gasteiger partial charge on any atom is -0.462 e. The molecule has 21 heavy (non-hydrogen) atoms. The summed E-state index contributed by atoms with van der Waals surface area (Å²) in [5.74, 6) is 0.262. The summed E-state index contributed by atoms with van der Waals surface area (Å²) in [7, 11) is 0. The van der Waals surface area contributed by atoms with E-state index in [9.17, 15) is 4.79 Å². The fourth-order valence-electron chi connectivity index (χ4n) is 2.07. The molecule has 1 aromatic heterocycles. The molecule has 0 spiro atoms. The van der Waals surface area contributed by atoms with Gasteiger partial charge in [0.1, 0.15) is 0 Å². The number of ether oxygens (including phenoxy) is 1. The first-order valence-corrected chi connectivity index (χ1v) is 7.65. The molecule has 0 aliphatic rings. The van der Waals surface area contributed by atoms with Gasteiger partial charge in [0.15, 0.2) is 5.82 Å². The molecule has 4 nitrogen and oxygen atoms in total. The largest absolute Gasteiger partial charge is 0.462 e. The Kier molecular flexibility index (Phi) is 5.07. The minimum absolute atomic E-state index is 0.343. The fourth-order valence-corrected chi connectivity index (χ4v) is 2.55. The summed E-state index contributed by atoms with van der Waals surface area (Å²) in [6.07, 6.45) is 2.21. The van der Waals surface area contributed by atoms with Gasteiger partial charge in [-0.25, -0.2) is 14.8 Å². The van der Waals surface area contributed by atoms with Gasteiger partial charge in [0.25, 0.3) is 0 Å². The SMILES string of the molecule is CCOC(=O)c1cnc(-c2ccc(Br)cc2C)nc1CC. The molecule has 0 aliphatic heterocycles. The Bertz CT molecular complexity index is 671. The molecule has 0 saturated carbocycles. The van der Waals surface area contributed by atoms with Gasteiger partial charge < -0.3 is 4.74 Å².